The maximum absolute atomic E-state index is 12.6. The first kappa shape index (κ1) is 19.2. The van der Waals surface area contributed by atoms with Crippen molar-refractivity contribution < 1.29 is 9.59 Å². The Hall–Kier alpha value is -3.62. The first-order chi connectivity index (χ1) is 13.5. The highest BCUT2D eigenvalue weighted by Gasteiger charge is 2.12. The number of nitrogens with zero attached hydrogens (tertiary/aromatic N) is 1. The van der Waals surface area contributed by atoms with E-state index in [1.807, 2.05) is 19.1 Å². The largest absolute Gasteiger partial charge is 0.322 e. The van der Waals surface area contributed by atoms with Crippen LogP contribution in [0.3, 0.4) is 0 Å². The Morgan fingerprint density at radius 1 is 0.893 bits per heavy atom. The molecule has 0 saturated carbocycles. The maximum atomic E-state index is 12.6. The van der Waals surface area contributed by atoms with Crippen molar-refractivity contribution in [2.45, 2.75) is 6.92 Å². The van der Waals surface area contributed by atoms with Gasteiger partial charge in [0.15, 0.2) is 0 Å². The van der Waals surface area contributed by atoms with Crippen LogP contribution >= 0.6 is 11.6 Å². The minimum atomic E-state index is -0.349. The zero-order valence-electron chi connectivity index (χ0n) is 15.0. The number of hydrogen-bond donors (Lipinski definition) is 2. The van der Waals surface area contributed by atoms with Gasteiger partial charge in [0.2, 0.25) is 0 Å². The fourth-order valence-electron chi connectivity index (χ4n) is 2.56. The zero-order chi connectivity index (χ0) is 20.1. The van der Waals surface area contributed by atoms with Gasteiger partial charge in [-0.2, -0.15) is 5.26 Å². The van der Waals surface area contributed by atoms with Crippen LogP contribution in [0.25, 0.3) is 0 Å². The molecular weight excluding hydrogens is 374 g/mol. The van der Waals surface area contributed by atoms with Crippen molar-refractivity contribution >= 4 is 34.8 Å². The molecule has 0 unspecified atom stereocenters. The molecule has 0 radical (unpaired) electrons. The van der Waals surface area contributed by atoms with E-state index in [0.717, 1.165) is 5.56 Å². The number of anilines is 2. The van der Waals surface area contributed by atoms with Crippen LogP contribution in [0, 0.1) is 18.3 Å². The second kappa shape index (κ2) is 8.38. The van der Waals surface area contributed by atoms with Crippen molar-refractivity contribution in [3.63, 3.8) is 0 Å². The molecule has 2 N–H and O–H groups in total. The Bertz CT molecular complexity index is 1090. The Morgan fingerprint density at radius 2 is 1.54 bits per heavy atom. The molecule has 3 aromatic rings. The summed E-state index contributed by atoms with van der Waals surface area (Å²) in [5, 5.41) is 14.9. The summed E-state index contributed by atoms with van der Waals surface area (Å²) in [7, 11) is 0. The third kappa shape index (κ3) is 4.56. The summed E-state index contributed by atoms with van der Waals surface area (Å²) in [4.78, 5) is 25.0. The summed E-state index contributed by atoms with van der Waals surface area (Å²) in [6, 6.07) is 20.2. The molecule has 3 rings (SSSR count). The van der Waals surface area contributed by atoms with Crippen LogP contribution in [0.15, 0.2) is 66.7 Å². The van der Waals surface area contributed by atoms with Crippen molar-refractivity contribution in [2.75, 3.05) is 10.6 Å². The van der Waals surface area contributed by atoms with Gasteiger partial charge in [-0.1, -0.05) is 23.7 Å². The number of hydrogen-bond acceptors (Lipinski definition) is 3. The number of nitriles is 1. The SMILES string of the molecule is Cc1ccc(Cl)cc1NC(=O)c1cccc(C(=O)Nc2ccc(C#N)cc2)c1. The van der Waals surface area contributed by atoms with Crippen LogP contribution < -0.4 is 10.6 Å². The molecule has 0 spiro atoms. The van der Waals surface area contributed by atoms with Gasteiger partial charge in [-0.15, -0.1) is 0 Å². The van der Waals surface area contributed by atoms with Crippen molar-refractivity contribution in [3.8, 4) is 6.07 Å². The predicted octanol–water partition coefficient (Wildman–Crippen LogP) is 5.02. The molecule has 6 heteroatoms. The van der Waals surface area contributed by atoms with Gasteiger partial charge < -0.3 is 10.6 Å². The first-order valence-electron chi connectivity index (χ1n) is 8.45. The minimum absolute atomic E-state index is 0.335. The summed E-state index contributed by atoms with van der Waals surface area (Å²) < 4.78 is 0. The van der Waals surface area contributed by atoms with Gasteiger partial charge in [-0.25, -0.2) is 0 Å². The lowest BCUT2D eigenvalue weighted by Crippen LogP contribution is -2.16. The predicted molar refractivity (Wildman–Crippen MR) is 110 cm³/mol. The lowest BCUT2D eigenvalue weighted by atomic mass is 10.1. The lowest BCUT2D eigenvalue weighted by Gasteiger charge is -2.10. The molecule has 0 aromatic heterocycles. The smallest absolute Gasteiger partial charge is 0.255 e. The molecule has 138 valence electrons. The number of rotatable bonds is 4. The zero-order valence-corrected chi connectivity index (χ0v) is 15.7. The van der Waals surface area contributed by atoms with E-state index in [0.29, 0.717) is 33.1 Å². The van der Waals surface area contributed by atoms with Crippen molar-refractivity contribution in [3.05, 3.63) is 94.0 Å². The van der Waals surface area contributed by atoms with Crippen LogP contribution in [0.2, 0.25) is 5.02 Å². The topological polar surface area (TPSA) is 82.0 Å². The number of amides is 2. The van der Waals surface area contributed by atoms with Crippen molar-refractivity contribution in [1.82, 2.24) is 0 Å². The van der Waals surface area contributed by atoms with Gasteiger partial charge in [0, 0.05) is 27.5 Å². The van der Waals surface area contributed by atoms with Crippen LogP contribution in [0.5, 0.6) is 0 Å². The molecular formula is C22H16ClN3O2. The summed E-state index contributed by atoms with van der Waals surface area (Å²) in [6.45, 7) is 1.87. The fourth-order valence-corrected chi connectivity index (χ4v) is 2.73. The molecule has 0 aliphatic carbocycles. The quantitative estimate of drug-likeness (QED) is 0.656. The number of nitrogens with one attached hydrogen (secondary N) is 2. The number of carbonyl (C=O) groups is 2. The highest BCUT2D eigenvalue weighted by molar-refractivity contribution is 6.31. The summed E-state index contributed by atoms with van der Waals surface area (Å²) in [5.74, 6) is -0.684. The van der Waals surface area contributed by atoms with Crippen LogP contribution in [0.1, 0.15) is 31.8 Å². The van der Waals surface area contributed by atoms with Gasteiger partial charge in [-0.05, 0) is 67.1 Å². The molecule has 5 nitrogen and oxygen atoms in total. The highest BCUT2D eigenvalue weighted by Crippen LogP contribution is 2.21. The Morgan fingerprint density at radius 3 is 2.18 bits per heavy atom. The van der Waals surface area contributed by atoms with Crippen molar-refractivity contribution in [1.29, 1.82) is 5.26 Å². The average molecular weight is 390 g/mol. The van der Waals surface area contributed by atoms with E-state index in [-0.39, 0.29) is 11.8 Å². The summed E-state index contributed by atoms with van der Waals surface area (Å²) in [5.41, 5.74) is 3.27. The molecule has 0 saturated heterocycles. The standard InChI is InChI=1S/C22H16ClN3O2/c1-14-5-8-18(23)12-20(14)26-22(28)17-4-2-3-16(11-17)21(27)25-19-9-6-15(13-24)7-10-19/h2-12H,1H3,(H,25,27)(H,26,28). The number of aryl methyl sites for hydroxylation is 1. The Balaban J connectivity index is 1.75. The Labute approximate surface area is 167 Å². The van der Waals surface area contributed by atoms with Crippen molar-refractivity contribution in [2.24, 2.45) is 0 Å². The number of benzene rings is 3. The van der Waals surface area contributed by atoms with Gasteiger partial charge >= 0.3 is 0 Å². The third-order valence-corrected chi connectivity index (χ3v) is 4.34. The lowest BCUT2D eigenvalue weighted by molar-refractivity contribution is 0.102. The van der Waals surface area contributed by atoms with Gasteiger partial charge in [0.05, 0.1) is 11.6 Å². The molecule has 2 amide bonds. The summed E-state index contributed by atoms with van der Waals surface area (Å²) in [6.07, 6.45) is 0. The minimum Gasteiger partial charge on any atom is -0.322 e. The number of carbonyl (C=O) groups excluding carboxylic acids is 2. The van der Waals surface area contributed by atoms with E-state index >= 15 is 0 Å². The molecule has 0 heterocycles. The number of halogens is 1. The van der Waals surface area contributed by atoms with Crippen LogP contribution in [-0.4, -0.2) is 11.8 Å². The molecule has 0 aliphatic heterocycles. The van der Waals surface area contributed by atoms with E-state index in [4.69, 9.17) is 16.9 Å². The molecule has 28 heavy (non-hydrogen) atoms. The van der Waals surface area contributed by atoms with Gasteiger partial charge in [0.25, 0.3) is 11.8 Å². The second-order valence-electron chi connectivity index (χ2n) is 6.14. The van der Waals surface area contributed by atoms with E-state index in [1.54, 1.807) is 54.6 Å². The van der Waals surface area contributed by atoms with E-state index < -0.39 is 0 Å². The molecule has 0 bridgehead atoms. The fraction of sp³-hybridized carbons (Fsp3) is 0.0455. The van der Waals surface area contributed by atoms with Gasteiger partial charge in [0.1, 0.15) is 0 Å². The monoisotopic (exact) mass is 389 g/mol. The second-order valence-corrected chi connectivity index (χ2v) is 6.57. The Kier molecular flexibility index (Phi) is 5.73. The normalized spacial score (nSPS) is 10.0. The van der Waals surface area contributed by atoms with Crippen LogP contribution in [-0.2, 0) is 0 Å². The van der Waals surface area contributed by atoms with E-state index in [2.05, 4.69) is 10.6 Å². The molecule has 0 aliphatic rings. The van der Waals surface area contributed by atoms with Crippen LogP contribution in [0.4, 0.5) is 11.4 Å². The van der Waals surface area contributed by atoms with E-state index in [1.165, 1.54) is 6.07 Å². The average Bonchev–Trinajstić information content (AvgIpc) is 2.71. The molecule has 0 atom stereocenters. The maximum Gasteiger partial charge on any atom is 0.255 e. The van der Waals surface area contributed by atoms with Gasteiger partial charge in [-0.3, -0.25) is 9.59 Å². The summed E-state index contributed by atoms with van der Waals surface area (Å²) >= 11 is 5.99. The molecule has 0 fully saturated rings. The van der Waals surface area contributed by atoms with E-state index in [9.17, 15) is 9.59 Å². The highest BCUT2D eigenvalue weighted by atomic mass is 35.5. The molecule has 3 aromatic carbocycles. The first-order valence-corrected chi connectivity index (χ1v) is 8.83. The third-order valence-electron chi connectivity index (χ3n) is 4.11.